The Kier molecular flexibility index (Phi) is 37.9. The third-order valence-corrected chi connectivity index (χ3v) is 12.9. The molecular formula is C49H95NO12S. The molecule has 7 N–H and O–H groups in total. The molecule has 13 nitrogen and oxygen atoms in total. The Morgan fingerprint density at radius 2 is 1.02 bits per heavy atom. The van der Waals surface area contributed by atoms with Gasteiger partial charge in [-0.2, -0.15) is 8.42 Å². The Balaban J connectivity index is 2.51. The fourth-order valence-corrected chi connectivity index (χ4v) is 8.85. The minimum Gasteiger partial charge on any atom is -0.394 e. The lowest BCUT2D eigenvalue weighted by Crippen LogP contribution is -2.61. The van der Waals surface area contributed by atoms with E-state index < -0.39 is 78.5 Å². The maximum atomic E-state index is 13.2. The van der Waals surface area contributed by atoms with Gasteiger partial charge in [0.1, 0.15) is 30.5 Å². The van der Waals surface area contributed by atoms with E-state index in [-0.39, 0.29) is 6.42 Å². The van der Waals surface area contributed by atoms with Crippen molar-refractivity contribution in [2.45, 2.75) is 281 Å². The van der Waals surface area contributed by atoms with Gasteiger partial charge in [-0.25, -0.2) is 4.18 Å². The summed E-state index contributed by atoms with van der Waals surface area (Å²) >= 11 is 0. The second kappa shape index (κ2) is 39.9. The zero-order chi connectivity index (χ0) is 46.4. The van der Waals surface area contributed by atoms with E-state index in [1.165, 1.54) is 141 Å². The SMILES string of the molecule is CCCCCCCCCCC/C=C\CCCCCCC(O)C(=O)NC(COC1OC(CO)C(O)C(OS(=O)(=O)O)C1O)C(O)CCCCCCCCCCCCCCCCCCC. The molecule has 0 spiro atoms. The zero-order valence-corrected chi connectivity index (χ0v) is 40.6. The summed E-state index contributed by atoms with van der Waals surface area (Å²) in [6.07, 6.45) is 32.4. The van der Waals surface area contributed by atoms with Crippen molar-refractivity contribution in [3.8, 4) is 0 Å². The number of aliphatic hydroxyl groups excluding tert-OH is 5. The second-order valence-electron chi connectivity index (χ2n) is 18.3. The minimum absolute atomic E-state index is 0.248. The fourth-order valence-electron chi connectivity index (χ4n) is 8.34. The van der Waals surface area contributed by atoms with Crippen LogP contribution in [-0.2, 0) is 28.9 Å². The van der Waals surface area contributed by atoms with Crippen molar-refractivity contribution in [2.75, 3.05) is 13.2 Å². The molecule has 0 saturated carbocycles. The molecule has 1 aliphatic rings. The molecule has 1 aliphatic heterocycles. The molecule has 0 aromatic rings. The van der Waals surface area contributed by atoms with Crippen molar-refractivity contribution < 1.29 is 57.0 Å². The van der Waals surface area contributed by atoms with Crippen LogP contribution in [0, 0.1) is 0 Å². The Labute approximate surface area is 383 Å². The first kappa shape index (κ1) is 59.8. The molecule has 1 amide bonds. The van der Waals surface area contributed by atoms with Gasteiger partial charge in [-0.15, -0.1) is 0 Å². The first-order chi connectivity index (χ1) is 30.4. The van der Waals surface area contributed by atoms with Gasteiger partial charge in [0, 0.05) is 0 Å². The molecule has 0 bridgehead atoms. The average molecular weight is 922 g/mol. The third-order valence-electron chi connectivity index (χ3n) is 12.4. The number of nitrogens with one attached hydrogen (secondary N) is 1. The highest BCUT2D eigenvalue weighted by atomic mass is 32.3. The molecule has 14 heteroatoms. The molecule has 1 fully saturated rings. The summed E-state index contributed by atoms with van der Waals surface area (Å²) < 4.78 is 47.7. The second-order valence-corrected chi connectivity index (χ2v) is 19.3. The van der Waals surface area contributed by atoms with Crippen LogP contribution < -0.4 is 5.32 Å². The van der Waals surface area contributed by atoms with Crippen molar-refractivity contribution in [1.82, 2.24) is 5.32 Å². The molecule has 8 atom stereocenters. The molecule has 374 valence electrons. The van der Waals surface area contributed by atoms with Gasteiger partial charge in [0.25, 0.3) is 0 Å². The maximum Gasteiger partial charge on any atom is 0.397 e. The number of allylic oxidation sites excluding steroid dienone is 2. The van der Waals surface area contributed by atoms with Gasteiger partial charge in [-0.1, -0.05) is 206 Å². The number of carbonyl (C=O) groups excluding carboxylic acids is 1. The van der Waals surface area contributed by atoms with E-state index in [1.807, 2.05) is 0 Å². The van der Waals surface area contributed by atoms with Crippen molar-refractivity contribution in [3.05, 3.63) is 12.2 Å². The predicted molar refractivity (Wildman–Crippen MR) is 252 cm³/mol. The molecule has 1 saturated heterocycles. The molecule has 8 unspecified atom stereocenters. The van der Waals surface area contributed by atoms with E-state index in [0.717, 1.165) is 51.4 Å². The first-order valence-corrected chi connectivity index (χ1v) is 27.0. The van der Waals surface area contributed by atoms with Gasteiger partial charge in [0.15, 0.2) is 6.29 Å². The third kappa shape index (κ3) is 32.2. The van der Waals surface area contributed by atoms with Crippen LogP contribution in [0.3, 0.4) is 0 Å². The largest absolute Gasteiger partial charge is 0.397 e. The number of hydrogen-bond donors (Lipinski definition) is 7. The molecule has 0 aromatic carbocycles. The summed E-state index contributed by atoms with van der Waals surface area (Å²) in [6, 6.07) is -1.04. The fraction of sp³-hybridized carbons (Fsp3) is 0.939. The normalized spacial score (nSPS) is 20.9. The molecule has 0 aromatic heterocycles. The average Bonchev–Trinajstić information content (AvgIpc) is 3.25. The van der Waals surface area contributed by atoms with Crippen LogP contribution in [0.1, 0.15) is 232 Å². The number of unbranched alkanes of at least 4 members (excludes halogenated alkanes) is 29. The van der Waals surface area contributed by atoms with E-state index in [1.54, 1.807) is 0 Å². The monoisotopic (exact) mass is 922 g/mol. The molecule has 1 heterocycles. The number of amides is 1. The number of rotatable bonds is 44. The van der Waals surface area contributed by atoms with Gasteiger partial charge >= 0.3 is 10.4 Å². The Bertz CT molecular complexity index is 1190. The molecular weight excluding hydrogens is 827 g/mol. The van der Waals surface area contributed by atoms with Gasteiger partial charge in [-0.3, -0.25) is 9.35 Å². The highest BCUT2D eigenvalue weighted by molar-refractivity contribution is 7.80. The van der Waals surface area contributed by atoms with E-state index >= 15 is 0 Å². The minimum atomic E-state index is -5.11. The van der Waals surface area contributed by atoms with Crippen LogP contribution in [0.5, 0.6) is 0 Å². The number of aliphatic hydroxyl groups is 5. The van der Waals surface area contributed by atoms with E-state index in [4.69, 9.17) is 9.47 Å². The van der Waals surface area contributed by atoms with Crippen LogP contribution in [0.15, 0.2) is 12.2 Å². The molecule has 1 rings (SSSR count). The Morgan fingerprint density at radius 1 is 0.619 bits per heavy atom. The highest BCUT2D eigenvalue weighted by Gasteiger charge is 2.48. The standard InChI is InChI=1S/C49H95NO12S/c1-3-5-7-9-11-13-15-17-19-21-23-25-27-29-31-33-35-37-42(52)41(40-60-49-46(55)47(62-63(57,58)59)45(54)44(39-51)61-49)50-48(56)43(53)38-36-34-32-30-28-26-24-22-20-18-16-14-12-10-8-6-4-2/h24,26,41-47,49,51-55H,3-23,25,27-40H2,1-2H3,(H,50,56)(H,57,58,59)/b26-24-. The summed E-state index contributed by atoms with van der Waals surface area (Å²) in [7, 11) is -5.11. The van der Waals surface area contributed by atoms with Crippen LogP contribution in [0.4, 0.5) is 0 Å². The van der Waals surface area contributed by atoms with Crippen LogP contribution in [0.2, 0.25) is 0 Å². The maximum absolute atomic E-state index is 13.2. The lowest BCUT2D eigenvalue weighted by molar-refractivity contribution is -0.298. The number of hydrogen-bond acceptors (Lipinski definition) is 11. The van der Waals surface area contributed by atoms with Crippen LogP contribution in [-0.4, -0.2) is 107 Å². The molecule has 0 radical (unpaired) electrons. The van der Waals surface area contributed by atoms with E-state index in [9.17, 15) is 43.3 Å². The summed E-state index contributed by atoms with van der Waals surface area (Å²) in [6.45, 7) is 3.30. The topological polar surface area (TPSA) is 212 Å². The Hall–Kier alpha value is -1.20. The van der Waals surface area contributed by atoms with Crippen molar-refractivity contribution >= 4 is 16.3 Å². The first-order valence-electron chi connectivity index (χ1n) is 25.7. The lowest BCUT2D eigenvalue weighted by atomic mass is 9.99. The smallest absolute Gasteiger partial charge is 0.394 e. The van der Waals surface area contributed by atoms with Gasteiger partial charge in [0.05, 0.1) is 25.4 Å². The highest BCUT2D eigenvalue weighted by Crippen LogP contribution is 2.26. The van der Waals surface area contributed by atoms with E-state index in [2.05, 4.69) is 35.5 Å². The van der Waals surface area contributed by atoms with Gasteiger partial charge in [0.2, 0.25) is 5.91 Å². The zero-order valence-electron chi connectivity index (χ0n) is 39.8. The summed E-state index contributed by atoms with van der Waals surface area (Å²) in [5, 5.41) is 55.5. The van der Waals surface area contributed by atoms with Crippen molar-refractivity contribution in [1.29, 1.82) is 0 Å². The summed E-state index contributed by atoms with van der Waals surface area (Å²) in [4.78, 5) is 13.2. The van der Waals surface area contributed by atoms with Gasteiger partial charge in [-0.05, 0) is 38.5 Å². The number of ether oxygens (including phenoxy) is 2. The number of carbonyl (C=O) groups is 1. The molecule has 0 aliphatic carbocycles. The molecule has 63 heavy (non-hydrogen) atoms. The van der Waals surface area contributed by atoms with Crippen molar-refractivity contribution in [3.63, 3.8) is 0 Å². The van der Waals surface area contributed by atoms with E-state index in [0.29, 0.717) is 19.3 Å². The quantitative estimate of drug-likeness (QED) is 0.0173. The summed E-state index contributed by atoms with van der Waals surface area (Å²) in [5.41, 5.74) is 0. The van der Waals surface area contributed by atoms with Crippen LogP contribution in [0.25, 0.3) is 0 Å². The lowest BCUT2D eigenvalue weighted by Gasteiger charge is -2.41. The predicted octanol–water partition coefficient (Wildman–Crippen LogP) is 9.70. The van der Waals surface area contributed by atoms with Gasteiger partial charge < -0.3 is 40.3 Å². The summed E-state index contributed by atoms with van der Waals surface area (Å²) in [5.74, 6) is -0.675. The Morgan fingerprint density at radius 3 is 1.43 bits per heavy atom. The van der Waals surface area contributed by atoms with Crippen LogP contribution >= 0.6 is 0 Å². The van der Waals surface area contributed by atoms with Crippen molar-refractivity contribution in [2.24, 2.45) is 0 Å².